The highest BCUT2D eigenvalue weighted by Gasteiger charge is 2.38. The van der Waals surface area contributed by atoms with E-state index in [2.05, 4.69) is 32.0 Å². The van der Waals surface area contributed by atoms with Crippen molar-refractivity contribution in [2.24, 2.45) is 4.99 Å². The summed E-state index contributed by atoms with van der Waals surface area (Å²) in [4.78, 5) is 10.8. The molecule has 126 valence electrons. The quantitative estimate of drug-likeness (QED) is 0.666. The topological polar surface area (TPSA) is 40.5 Å². The molecule has 1 aromatic heterocycles. The smallest absolute Gasteiger partial charge is 0.194 e. The van der Waals surface area contributed by atoms with Crippen LogP contribution in [0.5, 0.6) is 0 Å². The van der Waals surface area contributed by atoms with E-state index in [-0.39, 0.29) is 5.82 Å². The maximum absolute atomic E-state index is 13.7. The predicted octanol–water partition coefficient (Wildman–Crippen LogP) is 3.05. The zero-order valence-corrected chi connectivity index (χ0v) is 14.5. The van der Waals surface area contributed by atoms with Gasteiger partial charge in [-0.1, -0.05) is 19.3 Å². The number of hydrogen-bond donors (Lipinski definition) is 1. The van der Waals surface area contributed by atoms with Crippen LogP contribution < -0.4 is 5.32 Å². The van der Waals surface area contributed by atoms with Gasteiger partial charge >= 0.3 is 0 Å². The number of thioether (sulfide) groups is 1. The molecule has 23 heavy (non-hydrogen) atoms. The molecule has 0 unspecified atom stereocenters. The summed E-state index contributed by atoms with van der Waals surface area (Å²) >= 11 is 2.14. The molecule has 4 nitrogen and oxygen atoms in total. The lowest BCUT2D eigenvalue weighted by molar-refractivity contribution is 0.293. The van der Waals surface area contributed by atoms with Gasteiger partial charge in [0.2, 0.25) is 0 Å². The molecule has 0 amide bonds. The molecule has 1 saturated heterocycles. The summed E-state index contributed by atoms with van der Waals surface area (Å²) in [6, 6.07) is 3.06. The highest BCUT2D eigenvalue weighted by Crippen LogP contribution is 2.42. The lowest BCUT2D eigenvalue weighted by Crippen LogP contribution is -2.53. The van der Waals surface area contributed by atoms with Gasteiger partial charge in [-0.2, -0.15) is 11.8 Å². The molecule has 2 fully saturated rings. The van der Waals surface area contributed by atoms with Gasteiger partial charge < -0.3 is 10.2 Å². The number of nitrogens with one attached hydrogen (secondary N) is 1. The molecule has 1 aliphatic carbocycles. The van der Waals surface area contributed by atoms with Crippen LogP contribution in [0, 0.1) is 5.82 Å². The van der Waals surface area contributed by atoms with E-state index in [0.717, 1.165) is 24.8 Å². The van der Waals surface area contributed by atoms with Gasteiger partial charge in [0.15, 0.2) is 5.96 Å². The van der Waals surface area contributed by atoms with Crippen LogP contribution >= 0.6 is 11.8 Å². The van der Waals surface area contributed by atoms with Crippen LogP contribution in [0.25, 0.3) is 0 Å². The fourth-order valence-electron chi connectivity index (χ4n) is 3.57. The van der Waals surface area contributed by atoms with Crippen molar-refractivity contribution in [3.63, 3.8) is 0 Å². The van der Waals surface area contributed by atoms with Gasteiger partial charge in [-0.25, -0.2) is 4.39 Å². The number of hydrogen-bond acceptors (Lipinski definition) is 3. The summed E-state index contributed by atoms with van der Waals surface area (Å²) in [5.74, 6) is 1.73. The van der Waals surface area contributed by atoms with Gasteiger partial charge in [0, 0.05) is 36.8 Å². The maximum Gasteiger partial charge on any atom is 0.194 e. The summed E-state index contributed by atoms with van der Waals surface area (Å²) in [6.45, 7) is 2.41. The first-order valence-electron chi connectivity index (χ1n) is 8.41. The van der Waals surface area contributed by atoms with Crippen molar-refractivity contribution < 1.29 is 4.39 Å². The average molecular weight is 336 g/mol. The number of rotatable bonds is 2. The first kappa shape index (κ1) is 16.6. The number of aromatic nitrogens is 1. The Morgan fingerprint density at radius 2 is 2.26 bits per heavy atom. The van der Waals surface area contributed by atoms with Crippen molar-refractivity contribution in [3.05, 3.63) is 29.8 Å². The first-order chi connectivity index (χ1) is 11.2. The Balaban J connectivity index is 1.63. The summed E-state index contributed by atoms with van der Waals surface area (Å²) in [7, 11) is 1.80. The van der Waals surface area contributed by atoms with E-state index in [0.29, 0.717) is 17.0 Å². The Kier molecular flexibility index (Phi) is 5.41. The number of halogens is 1. The van der Waals surface area contributed by atoms with Crippen LogP contribution in [-0.2, 0) is 6.54 Å². The Morgan fingerprint density at radius 1 is 1.43 bits per heavy atom. The normalized spacial score (nSPS) is 21.5. The van der Waals surface area contributed by atoms with Gasteiger partial charge in [-0.05, 0) is 25.0 Å². The minimum atomic E-state index is -0.270. The first-order valence-corrected chi connectivity index (χ1v) is 9.40. The van der Waals surface area contributed by atoms with Crippen LogP contribution in [0.15, 0.2) is 23.3 Å². The molecule has 6 heteroatoms. The molecule has 2 heterocycles. The predicted molar refractivity (Wildman–Crippen MR) is 94.2 cm³/mol. The van der Waals surface area contributed by atoms with E-state index in [9.17, 15) is 4.39 Å². The molecule has 1 aliphatic heterocycles. The molecule has 0 radical (unpaired) electrons. The van der Waals surface area contributed by atoms with E-state index < -0.39 is 0 Å². The lowest BCUT2D eigenvalue weighted by Gasteiger charge is -2.45. The Bertz CT molecular complexity index is 552. The largest absolute Gasteiger partial charge is 0.350 e. The molecule has 1 saturated carbocycles. The number of aliphatic imine (C=N–C) groups is 1. The van der Waals surface area contributed by atoms with E-state index in [1.165, 1.54) is 38.2 Å². The second-order valence-electron chi connectivity index (χ2n) is 6.35. The van der Waals surface area contributed by atoms with E-state index in [1.54, 1.807) is 19.3 Å². The Labute approximate surface area is 142 Å². The minimum absolute atomic E-state index is 0.270. The highest BCUT2D eigenvalue weighted by atomic mass is 32.2. The van der Waals surface area contributed by atoms with Gasteiger partial charge in [0.1, 0.15) is 5.82 Å². The fourth-order valence-corrected chi connectivity index (χ4v) is 5.14. The standard InChI is InChI=1S/C17H25FN4S/c1-19-16(21-12-15-14(18)6-5-9-20-15)22-10-11-23-17(13-22)7-3-2-4-8-17/h5-6,9H,2-4,7-8,10-13H2,1H3,(H,19,21). The molecule has 2 aliphatic rings. The average Bonchev–Trinajstić information content (AvgIpc) is 2.58. The van der Waals surface area contributed by atoms with Crippen LogP contribution in [0.2, 0.25) is 0 Å². The zero-order chi connectivity index (χ0) is 16.1. The monoisotopic (exact) mass is 336 g/mol. The maximum atomic E-state index is 13.7. The summed E-state index contributed by atoms with van der Waals surface area (Å²) < 4.78 is 14.1. The summed E-state index contributed by atoms with van der Waals surface area (Å²) in [6.07, 6.45) is 8.28. The van der Waals surface area contributed by atoms with Crippen molar-refractivity contribution in [3.8, 4) is 0 Å². The van der Waals surface area contributed by atoms with Gasteiger partial charge in [0.25, 0.3) is 0 Å². The third kappa shape index (κ3) is 3.97. The zero-order valence-electron chi connectivity index (χ0n) is 13.7. The van der Waals surface area contributed by atoms with Crippen LogP contribution in [0.1, 0.15) is 37.8 Å². The van der Waals surface area contributed by atoms with Crippen LogP contribution in [-0.4, -0.2) is 46.5 Å². The summed E-state index contributed by atoms with van der Waals surface area (Å²) in [5, 5.41) is 3.28. The third-order valence-corrected chi connectivity index (χ3v) is 6.31. The molecule has 3 rings (SSSR count). The van der Waals surface area contributed by atoms with Crippen molar-refractivity contribution in [1.29, 1.82) is 0 Å². The Morgan fingerprint density at radius 3 is 3.00 bits per heavy atom. The van der Waals surface area contributed by atoms with Crippen molar-refractivity contribution in [1.82, 2.24) is 15.2 Å². The third-order valence-electron chi connectivity index (χ3n) is 4.77. The molecule has 0 aromatic carbocycles. The van der Waals surface area contributed by atoms with E-state index in [4.69, 9.17) is 0 Å². The molecule has 1 spiro atoms. The second-order valence-corrected chi connectivity index (χ2v) is 7.91. The number of pyridine rings is 1. The molecule has 1 aromatic rings. The van der Waals surface area contributed by atoms with Crippen molar-refractivity contribution in [2.45, 2.75) is 43.4 Å². The lowest BCUT2D eigenvalue weighted by atomic mass is 9.87. The van der Waals surface area contributed by atoms with Crippen LogP contribution in [0.4, 0.5) is 4.39 Å². The van der Waals surface area contributed by atoms with Gasteiger partial charge in [0.05, 0.1) is 12.2 Å². The van der Waals surface area contributed by atoms with Crippen molar-refractivity contribution >= 4 is 17.7 Å². The highest BCUT2D eigenvalue weighted by molar-refractivity contribution is 8.00. The van der Waals surface area contributed by atoms with E-state index >= 15 is 0 Å². The summed E-state index contributed by atoms with van der Waals surface area (Å²) in [5.41, 5.74) is 0.437. The molecular weight excluding hydrogens is 311 g/mol. The fraction of sp³-hybridized carbons (Fsp3) is 0.647. The second kappa shape index (κ2) is 7.51. The van der Waals surface area contributed by atoms with Gasteiger partial charge in [-0.15, -0.1) is 0 Å². The molecular formula is C17H25FN4S. The SMILES string of the molecule is CN=C(NCc1ncccc1F)N1CCSC2(CCCCC2)C1. The molecule has 1 N–H and O–H groups in total. The van der Waals surface area contributed by atoms with Gasteiger partial charge in [-0.3, -0.25) is 9.98 Å². The Hall–Kier alpha value is -1.30. The number of guanidine groups is 1. The number of nitrogens with zero attached hydrogens (tertiary/aromatic N) is 3. The van der Waals surface area contributed by atoms with E-state index in [1.807, 2.05) is 0 Å². The van der Waals surface area contributed by atoms with Crippen molar-refractivity contribution in [2.75, 3.05) is 25.9 Å². The molecule has 0 bridgehead atoms. The minimum Gasteiger partial charge on any atom is -0.350 e. The molecule has 0 atom stereocenters. The van der Waals surface area contributed by atoms with Crippen LogP contribution in [0.3, 0.4) is 0 Å².